The van der Waals surface area contributed by atoms with Crippen molar-refractivity contribution < 1.29 is 14.3 Å². The van der Waals surface area contributed by atoms with E-state index < -0.39 is 5.91 Å². The van der Waals surface area contributed by atoms with E-state index in [0.717, 1.165) is 38.3 Å². The fourth-order valence-corrected chi connectivity index (χ4v) is 2.58. The average Bonchev–Trinajstić information content (AvgIpc) is 2.59. The van der Waals surface area contributed by atoms with E-state index in [2.05, 4.69) is 22.0 Å². The summed E-state index contributed by atoms with van der Waals surface area (Å²) in [5.74, 6) is 0.109. The molecule has 0 atom stereocenters. The fourth-order valence-electron chi connectivity index (χ4n) is 2.58. The first-order chi connectivity index (χ1) is 11.6. The van der Waals surface area contributed by atoms with Crippen LogP contribution in [0.5, 0.6) is 5.75 Å². The van der Waals surface area contributed by atoms with Gasteiger partial charge in [0.1, 0.15) is 5.75 Å². The topological polar surface area (TPSA) is 87.9 Å². The highest BCUT2D eigenvalue weighted by Gasteiger charge is 2.17. The molecule has 0 aromatic heterocycles. The lowest BCUT2D eigenvalue weighted by Crippen LogP contribution is -2.49. The molecule has 2 amide bonds. The molecule has 1 heterocycles. The first-order valence-electron chi connectivity index (χ1n) is 8.28. The highest BCUT2D eigenvalue weighted by atomic mass is 16.5. The van der Waals surface area contributed by atoms with Crippen molar-refractivity contribution in [3.05, 3.63) is 29.8 Å². The van der Waals surface area contributed by atoms with E-state index in [1.54, 1.807) is 12.1 Å². The number of nitrogens with one attached hydrogen (secondary N) is 1. The van der Waals surface area contributed by atoms with Gasteiger partial charge in [-0.15, -0.1) is 0 Å². The molecular formula is C17H26N4O3. The Morgan fingerprint density at radius 2 is 1.75 bits per heavy atom. The van der Waals surface area contributed by atoms with Gasteiger partial charge in [0.15, 0.2) is 6.61 Å². The molecular weight excluding hydrogens is 308 g/mol. The Morgan fingerprint density at radius 3 is 2.33 bits per heavy atom. The van der Waals surface area contributed by atoms with Gasteiger partial charge >= 0.3 is 0 Å². The maximum absolute atomic E-state index is 12.0. The fraction of sp³-hybridized carbons (Fsp3) is 0.529. The van der Waals surface area contributed by atoms with Crippen LogP contribution in [0.3, 0.4) is 0 Å². The summed E-state index contributed by atoms with van der Waals surface area (Å²) >= 11 is 0. The minimum Gasteiger partial charge on any atom is -0.484 e. The second kappa shape index (κ2) is 9.24. The predicted molar refractivity (Wildman–Crippen MR) is 91.5 cm³/mol. The standard InChI is InChI=1S/C17H26N4O3/c1-2-20-7-9-21(10-8-20)12-17(23)19-11-14-3-5-15(6-4-14)24-13-16(18)22/h3-6H,2,7-13H2,1H3,(H2,18,22)(H,19,23). The van der Waals surface area contributed by atoms with Crippen LogP contribution >= 0.6 is 0 Å². The largest absolute Gasteiger partial charge is 0.484 e. The molecule has 1 saturated heterocycles. The van der Waals surface area contributed by atoms with Crippen molar-refractivity contribution in [2.24, 2.45) is 5.73 Å². The number of nitrogens with two attached hydrogens (primary N) is 1. The molecule has 1 fully saturated rings. The van der Waals surface area contributed by atoms with E-state index in [4.69, 9.17) is 10.5 Å². The van der Waals surface area contributed by atoms with Crippen molar-refractivity contribution in [1.29, 1.82) is 0 Å². The van der Waals surface area contributed by atoms with Gasteiger partial charge in [-0.05, 0) is 24.2 Å². The van der Waals surface area contributed by atoms with Gasteiger partial charge in [-0.25, -0.2) is 0 Å². The number of hydrogen-bond donors (Lipinski definition) is 2. The van der Waals surface area contributed by atoms with Gasteiger partial charge < -0.3 is 20.7 Å². The molecule has 0 bridgehead atoms. The van der Waals surface area contributed by atoms with Gasteiger partial charge in [0.05, 0.1) is 6.54 Å². The third-order valence-electron chi connectivity index (χ3n) is 4.07. The van der Waals surface area contributed by atoms with E-state index in [9.17, 15) is 9.59 Å². The lowest BCUT2D eigenvalue weighted by molar-refractivity contribution is -0.123. The zero-order valence-electron chi connectivity index (χ0n) is 14.2. The van der Waals surface area contributed by atoms with Crippen molar-refractivity contribution in [3.63, 3.8) is 0 Å². The van der Waals surface area contributed by atoms with Crippen molar-refractivity contribution >= 4 is 11.8 Å². The lowest BCUT2D eigenvalue weighted by Gasteiger charge is -2.33. The van der Waals surface area contributed by atoms with Crippen LogP contribution in [-0.2, 0) is 16.1 Å². The first-order valence-corrected chi connectivity index (χ1v) is 8.28. The molecule has 0 aliphatic carbocycles. The van der Waals surface area contributed by atoms with Gasteiger partial charge in [-0.2, -0.15) is 0 Å². The summed E-state index contributed by atoms with van der Waals surface area (Å²) in [5.41, 5.74) is 6.00. The second-order valence-electron chi connectivity index (χ2n) is 5.89. The molecule has 1 aliphatic heterocycles. The SMILES string of the molecule is CCN1CCN(CC(=O)NCc2ccc(OCC(N)=O)cc2)CC1. The maximum atomic E-state index is 12.0. The summed E-state index contributed by atoms with van der Waals surface area (Å²) in [6, 6.07) is 7.23. The van der Waals surface area contributed by atoms with Crippen LogP contribution < -0.4 is 15.8 Å². The first kappa shape index (κ1) is 18.2. The van der Waals surface area contributed by atoms with E-state index in [-0.39, 0.29) is 12.5 Å². The van der Waals surface area contributed by atoms with Crippen molar-refractivity contribution in [3.8, 4) is 5.75 Å². The number of hydrogen-bond acceptors (Lipinski definition) is 5. The third kappa shape index (κ3) is 6.17. The van der Waals surface area contributed by atoms with Crippen molar-refractivity contribution in [2.75, 3.05) is 45.9 Å². The number of rotatable bonds is 8. The van der Waals surface area contributed by atoms with Gasteiger partial charge in [0.25, 0.3) is 5.91 Å². The number of primary amides is 1. The Balaban J connectivity index is 1.69. The van der Waals surface area contributed by atoms with Crippen LogP contribution in [-0.4, -0.2) is 67.5 Å². The van der Waals surface area contributed by atoms with Crippen LogP contribution in [0.2, 0.25) is 0 Å². The van der Waals surface area contributed by atoms with Gasteiger partial charge in [0, 0.05) is 32.7 Å². The molecule has 0 radical (unpaired) electrons. The lowest BCUT2D eigenvalue weighted by atomic mass is 10.2. The molecule has 1 aliphatic rings. The molecule has 0 saturated carbocycles. The van der Waals surface area contributed by atoms with Crippen LogP contribution in [0.1, 0.15) is 12.5 Å². The Hall–Kier alpha value is -2.12. The minimum absolute atomic E-state index is 0.0361. The molecule has 24 heavy (non-hydrogen) atoms. The number of amides is 2. The van der Waals surface area contributed by atoms with Crippen LogP contribution in [0.15, 0.2) is 24.3 Å². The van der Waals surface area contributed by atoms with Crippen LogP contribution in [0, 0.1) is 0 Å². The number of likely N-dealkylation sites (N-methyl/N-ethyl adjacent to an activating group) is 1. The molecule has 3 N–H and O–H groups in total. The van der Waals surface area contributed by atoms with Gasteiger partial charge in [-0.1, -0.05) is 19.1 Å². The number of ether oxygens (including phenoxy) is 1. The molecule has 2 rings (SSSR count). The molecule has 0 spiro atoms. The van der Waals surface area contributed by atoms with Gasteiger partial charge in [0.2, 0.25) is 5.91 Å². The van der Waals surface area contributed by atoms with Gasteiger partial charge in [-0.3, -0.25) is 14.5 Å². The smallest absolute Gasteiger partial charge is 0.255 e. The Kier molecular flexibility index (Phi) is 7.02. The summed E-state index contributed by atoms with van der Waals surface area (Å²) < 4.78 is 5.19. The molecule has 7 nitrogen and oxygen atoms in total. The molecule has 0 unspecified atom stereocenters. The average molecular weight is 334 g/mol. The summed E-state index contributed by atoms with van der Waals surface area (Å²) in [5, 5.41) is 2.93. The summed E-state index contributed by atoms with van der Waals surface area (Å²) in [6.45, 7) is 7.93. The van der Waals surface area contributed by atoms with Crippen LogP contribution in [0.25, 0.3) is 0 Å². The highest BCUT2D eigenvalue weighted by Crippen LogP contribution is 2.11. The summed E-state index contributed by atoms with van der Waals surface area (Å²) in [6.07, 6.45) is 0. The Bertz CT molecular complexity index is 539. The summed E-state index contributed by atoms with van der Waals surface area (Å²) in [4.78, 5) is 27.3. The normalized spacial score (nSPS) is 15.9. The monoisotopic (exact) mass is 334 g/mol. The molecule has 1 aromatic rings. The highest BCUT2D eigenvalue weighted by molar-refractivity contribution is 5.78. The third-order valence-corrected chi connectivity index (χ3v) is 4.07. The Labute approximate surface area is 142 Å². The van der Waals surface area contributed by atoms with Crippen LogP contribution in [0.4, 0.5) is 0 Å². The second-order valence-corrected chi connectivity index (χ2v) is 5.89. The zero-order chi connectivity index (χ0) is 17.4. The number of nitrogens with zero attached hydrogens (tertiary/aromatic N) is 2. The number of carbonyl (C=O) groups excluding carboxylic acids is 2. The quantitative estimate of drug-likeness (QED) is 0.688. The molecule has 7 heteroatoms. The van der Waals surface area contributed by atoms with E-state index in [0.29, 0.717) is 18.8 Å². The predicted octanol–water partition coefficient (Wildman–Crippen LogP) is -0.196. The molecule has 1 aromatic carbocycles. The maximum Gasteiger partial charge on any atom is 0.255 e. The van der Waals surface area contributed by atoms with E-state index in [1.165, 1.54) is 0 Å². The van der Waals surface area contributed by atoms with Crippen molar-refractivity contribution in [2.45, 2.75) is 13.5 Å². The zero-order valence-corrected chi connectivity index (χ0v) is 14.2. The van der Waals surface area contributed by atoms with E-state index in [1.807, 2.05) is 12.1 Å². The number of carbonyl (C=O) groups is 2. The number of piperazine rings is 1. The Morgan fingerprint density at radius 1 is 1.12 bits per heavy atom. The van der Waals surface area contributed by atoms with Crippen molar-refractivity contribution in [1.82, 2.24) is 15.1 Å². The molecule has 132 valence electrons. The minimum atomic E-state index is -0.508. The number of benzene rings is 1. The summed E-state index contributed by atoms with van der Waals surface area (Å²) in [7, 11) is 0. The van der Waals surface area contributed by atoms with E-state index >= 15 is 0 Å².